The van der Waals surface area contributed by atoms with Gasteiger partial charge in [-0.05, 0) is 27.7 Å². The number of hydrogen-bond acceptors (Lipinski definition) is 3. The van der Waals surface area contributed by atoms with Crippen molar-refractivity contribution in [3.8, 4) is 0 Å². The molecule has 0 bridgehead atoms. The second kappa shape index (κ2) is 6.21. The van der Waals surface area contributed by atoms with E-state index in [1.807, 2.05) is 25.7 Å². The molecule has 1 unspecified atom stereocenters. The zero-order valence-electron chi connectivity index (χ0n) is 11.0. The summed E-state index contributed by atoms with van der Waals surface area (Å²) in [6.07, 6.45) is 0. The van der Waals surface area contributed by atoms with Crippen LogP contribution in [0.4, 0.5) is 0 Å². The van der Waals surface area contributed by atoms with Crippen LogP contribution in [-0.2, 0) is 4.79 Å². The highest BCUT2D eigenvalue weighted by Crippen LogP contribution is 2.10. The first-order valence-electron chi connectivity index (χ1n) is 6.37. The van der Waals surface area contributed by atoms with E-state index in [0.717, 1.165) is 32.7 Å². The average Bonchev–Trinajstić information content (AvgIpc) is 2.30. The lowest BCUT2D eigenvalue weighted by Gasteiger charge is -2.39. The van der Waals surface area contributed by atoms with Crippen LogP contribution in [0.3, 0.4) is 0 Å². The standard InChI is InChI=1S/C12H25N3O/c1-5-14(6-2)12(16)11(4)15-8-7-13-9-10(15)3/h10-11,13H,5-9H2,1-4H3/t10-,11?/m1/s1. The molecule has 0 spiro atoms. The molecule has 0 aromatic rings. The Hall–Kier alpha value is -0.610. The molecular weight excluding hydrogens is 202 g/mol. The van der Waals surface area contributed by atoms with E-state index in [0.29, 0.717) is 6.04 Å². The van der Waals surface area contributed by atoms with Gasteiger partial charge in [-0.2, -0.15) is 0 Å². The van der Waals surface area contributed by atoms with Crippen molar-refractivity contribution in [1.82, 2.24) is 15.1 Å². The van der Waals surface area contributed by atoms with Crippen molar-refractivity contribution in [2.75, 3.05) is 32.7 Å². The monoisotopic (exact) mass is 227 g/mol. The average molecular weight is 227 g/mol. The van der Waals surface area contributed by atoms with Crippen molar-refractivity contribution in [1.29, 1.82) is 0 Å². The maximum Gasteiger partial charge on any atom is 0.239 e. The fourth-order valence-electron chi connectivity index (χ4n) is 2.37. The van der Waals surface area contributed by atoms with Crippen LogP contribution in [0, 0.1) is 0 Å². The predicted molar refractivity (Wildman–Crippen MR) is 66.4 cm³/mol. The summed E-state index contributed by atoms with van der Waals surface area (Å²) in [7, 11) is 0. The van der Waals surface area contributed by atoms with E-state index in [2.05, 4.69) is 17.1 Å². The first kappa shape index (κ1) is 13.5. The molecule has 0 aromatic carbocycles. The van der Waals surface area contributed by atoms with Gasteiger partial charge in [0.15, 0.2) is 0 Å². The van der Waals surface area contributed by atoms with Crippen molar-refractivity contribution in [3.05, 3.63) is 0 Å². The van der Waals surface area contributed by atoms with Gasteiger partial charge in [-0.15, -0.1) is 0 Å². The van der Waals surface area contributed by atoms with Gasteiger partial charge in [0, 0.05) is 38.8 Å². The molecule has 1 saturated heterocycles. The van der Waals surface area contributed by atoms with Gasteiger partial charge in [0.2, 0.25) is 5.91 Å². The first-order valence-corrected chi connectivity index (χ1v) is 6.37. The van der Waals surface area contributed by atoms with Crippen LogP contribution < -0.4 is 5.32 Å². The summed E-state index contributed by atoms with van der Waals surface area (Å²) < 4.78 is 0. The second-order valence-electron chi connectivity index (χ2n) is 4.48. The Morgan fingerprint density at radius 1 is 1.50 bits per heavy atom. The molecule has 16 heavy (non-hydrogen) atoms. The highest BCUT2D eigenvalue weighted by Gasteiger charge is 2.29. The Bertz CT molecular complexity index is 228. The lowest BCUT2D eigenvalue weighted by Crippen LogP contribution is -2.57. The third-order valence-corrected chi connectivity index (χ3v) is 3.48. The minimum Gasteiger partial charge on any atom is -0.342 e. The largest absolute Gasteiger partial charge is 0.342 e. The van der Waals surface area contributed by atoms with Crippen LogP contribution in [0.1, 0.15) is 27.7 Å². The van der Waals surface area contributed by atoms with Gasteiger partial charge >= 0.3 is 0 Å². The van der Waals surface area contributed by atoms with E-state index in [9.17, 15) is 4.79 Å². The van der Waals surface area contributed by atoms with Crippen molar-refractivity contribution >= 4 is 5.91 Å². The fraction of sp³-hybridized carbons (Fsp3) is 0.917. The highest BCUT2D eigenvalue weighted by molar-refractivity contribution is 5.81. The van der Waals surface area contributed by atoms with Crippen LogP contribution in [0.2, 0.25) is 0 Å². The van der Waals surface area contributed by atoms with Crippen LogP contribution in [-0.4, -0.2) is 60.5 Å². The number of piperazine rings is 1. The Morgan fingerprint density at radius 2 is 2.12 bits per heavy atom. The van der Waals surface area contributed by atoms with E-state index in [-0.39, 0.29) is 11.9 Å². The van der Waals surface area contributed by atoms with Crippen LogP contribution >= 0.6 is 0 Å². The molecule has 0 radical (unpaired) electrons. The summed E-state index contributed by atoms with van der Waals surface area (Å²) in [4.78, 5) is 16.4. The molecule has 1 amide bonds. The van der Waals surface area contributed by atoms with Gasteiger partial charge in [0.05, 0.1) is 6.04 Å². The molecule has 4 nitrogen and oxygen atoms in total. The van der Waals surface area contributed by atoms with Crippen molar-refractivity contribution in [3.63, 3.8) is 0 Å². The second-order valence-corrected chi connectivity index (χ2v) is 4.48. The molecule has 0 aliphatic carbocycles. The van der Waals surface area contributed by atoms with E-state index in [4.69, 9.17) is 0 Å². The van der Waals surface area contributed by atoms with Gasteiger partial charge in [-0.1, -0.05) is 0 Å². The molecule has 1 heterocycles. The lowest BCUT2D eigenvalue weighted by atomic mass is 10.1. The summed E-state index contributed by atoms with van der Waals surface area (Å²) in [5, 5.41) is 3.35. The number of nitrogens with one attached hydrogen (secondary N) is 1. The molecule has 1 fully saturated rings. The quantitative estimate of drug-likeness (QED) is 0.761. The molecule has 4 heteroatoms. The molecule has 2 atom stereocenters. The molecule has 1 aliphatic rings. The zero-order chi connectivity index (χ0) is 12.1. The van der Waals surface area contributed by atoms with Gasteiger partial charge in [0.1, 0.15) is 0 Å². The van der Waals surface area contributed by atoms with Gasteiger partial charge in [0.25, 0.3) is 0 Å². The summed E-state index contributed by atoms with van der Waals surface area (Å²) in [6.45, 7) is 12.8. The minimum atomic E-state index is 0.0111. The Morgan fingerprint density at radius 3 is 2.62 bits per heavy atom. The Kier molecular flexibility index (Phi) is 5.22. The number of carbonyl (C=O) groups is 1. The summed E-state index contributed by atoms with van der Waals surface area (Å²) >= 11 is 0. The number of hydrogen-bond donors (Lipinski definition) is 1. The number of likely N-dealkylation sites (N-methyl/N-ethyl adjacent to an activating group) is 1. The number of nitrogens with zero attached hydrogens (tertiary/aromatic N) is 2. The van der Waals surface area contributed by atoms with Gasteiger partial charge in [-0.25, -0.2) is 0 Å². The van der Waals surface area contributed by atoms with Crippen molar-refractivity contribution in [2.45, 2.75) is 39.8 Å². The smallest absolute Gasteiger partial charge is 0.239 e. The van der Waals surface area contributed by atoms with E-state index in [1.54, 1.807) is 0 Å². The lowest BCUT2D eigenvalue weighted by molar-refractivity contribution is -0.137. The Labute approximate surface area is 99.0 Å². The van der Waals surface area contributed by atoms with Crippen molar-refractivity contribution < 1.29 is 4.79 Å². The third kappa shape index (κ3) is 2.95. The molecule has 1 N–H and O–H groups in total. The van der Waals surface area contributed by atoms with Crippen LogP contribution in [0.5, 0.6) is 0 Å². The van der Waals surface area contributed by atoms with Gasteiger partial charge in [-0.3, -0.25) is 9.69 Å². The summed E-state index contributed by atoms with van der Waals surface area (Å²) in [5.74, 6) is 0.263. The van der Waals surface area contributed by atoms with Gasteiger partial charge < -0.3 is 10.2 Å². The number of amides is 1. The van der Waals surface area contributed by atoms with E-state index >= 15 is 0 Å². The fourth-order valence-corrected chi connectivity index (χ4v) is 2.37. The molecule has 94 valence electrons. The predicted octanol–water partition coefficient (Wildman–Crippen LogP) is 0.537. The minimum absolute atomic E-state index is 0.0111. The maximum absolute atomic E-state index is 12.2. The van der Waals surface area contributed by atoms with Crippen LogP contribution in [0.15, 0.2) is 0 Å². The SMILES string of the molecule is CCN(CC)C(=O)C(C)N1CCNC[C@H]1C. The first-order chi connectivity index (χ1) is 7.61. The zero-order valence-corrected chi connectivity index (χ0v) is 11.0. The topological polar surface area (TPSA) is 35.6 Å². The molecule has 1 rings (SSSR count). The normalized spacial score (nSPS) is 24.1. The highest BCUT2D eigenvalue weighted by atomic mass is 16.2. The molecular formula is C12H25N3O. The Balaban J connectivity index is 2.60. The molecule has 0 saturated carbocycles. The van der Waals surface area contributed by atoms with Crippen molar-refractivity contribution in [2.24, 2.45) is 0 Å². The van der Waals surface area contributed by atoms with E-state index in [1.165, 1.54) is 0 Å². The number of rotatable bonds is 4. The molecule has 1 aliphatic heterocycles. The summed E-state index contributed by atoms with van der Waals surface area (Å²) in [5.41, 5.74) is 0. The molecule has 0 aromatic heterocycles. The maximum atomic E-state index is 12.2. The number of carbonyl (C=O) groups excluding carboxylic acids is 1. The van der Waals surface area contributed by atoms with Crippen LogP contribution in [0.25, 0.3) is 0 Å². The van der Waals surface area contributed by atoms with E-state index < -0.39 is 0 Å². The third-order valence-electron chi connectivity index (χ3n) is 3.48. The summed E-state index contributed by atoms with van der Waals surface area (Å²) in [6, 6.07) is 0.459.